The Labute approximate surface area is 200 Å². The van der Waals surface area contributed by atoms with Crippen molar-refractivity contribution in [3.63, 3.8) is 0 Å². The molecule has 1 aromatic carbocycles. The second-order valence-electron chi connectivity index (χ2n) is 9.88. The molecule has 1 aliphatic heterocycles. The molecule has 0 aliphatic carbocycles. The van der Waals surface area contributed by atoms with Gasteiger partial charge in [-0.3, -0.25) is 4.90 Å². The first-order valence-corrected chi connectivity index (χ1v) is 11.4. The minimum atomic E-state index is -0.562. The van der Waals surface area contributed by atoms with Gasteiger partial charge in [-0.05, 0) is 71.6 Å². The molecular formula is C26H50BNO4. The van der Waals surface area contributed by atoms with Crippen molar-refractivity contribution in [3.8, 4) is 5.75 Å². The van der Waals surface area contributed by atoms with Crippen molar-refractivity contribution in [2.45, 2.75) is 99.3 Å². The summed E-state index contributed by atoms with van der Waals surface area (Å²) in [5.41, 5.74) is 0.436. The second-order valence-corrected chi connectivity index (χ2v) is 9.88. The smallest absolute Gasteiger partial charge is 0.119 e. The number of piperidine rings is 1. The van der Waals surface area contributed by atoms with Crippen LogP contribution in [0.2, 0.25) is 0 Å². The maximum Gasteiger partial charge on any atom is 0.119 e. The second kappa shape index (κ2) is 17.2. The summed E-state index contributed by atoms with van der Waals surface area (Å²) < 4.78 is 6.04. The summed E-state index contributed by atoms with van der Waals surface area (Å²) in [6.45, 7) is 24.7. The van der Waals surface area contributed by atoms with E-state index in [-0.39, 0.29) is 11.0 Å². The largest absolute Gasteiger partial charge is 0.489 e. The van der Waals surface area contributed by atoms with Crippen LogP contribution in [0.4, 0.5) is 0 Å². The minimum absolute atomic E-state index is 0.00694. The lowest BCUT2D eigenvalue weighted by Crippen LogP contribution is -2.50. The van der Waals surface area contributed by atoms with Gasteiger partial charge in [0.2, 0.25) is 0 Å². The van der Waals surface area contributed by atoms with Crippen LogP contribution in [0.5, 0.6) is 5.75 Å². The summed E-state index contributed by atoms with van der Waals surface area (Å²) in [6.07, 6.45) is 2.63. The van der Waals surface area contributed by atoms with Crippen LogP contribution in [-0.4, -0.2) is 67.2 Å². The van der Waals surface area contributed by atoms with Gasteiger partial charge in [0, 0.05) is 19.2 Å². The van der Waals surface area contributed by atoms with E-state index >= 15 is 0 Å². The summed E-state index contributed by atoms with van der Waals surface area (Å²) >= 11 is 0. The third-order valence-electron chi connectivity index (χ3n) is 5.35. The van der Waals surface area contributed by atoms with Gasteiger partial charge in [0.25, 0.3) is 0 Å². The van der Waals surface area contributed by atoms with Crippen LogP contribution in [0, 0.1) is 5.41 Å². The SMILES string of the molecule is C=O.CC.CC(C)(C)C(C)(C)O.CO.[B]c1ccc(OC2CCCN(C(C)(C)C)C2)cc1. The van der Waals surface area contributed by atoms with Crippen molar-refractivity contribution in [2.75, 3.05) is 20.2 Å². The molecule has 1 aromatic rings. The van der Waals surface area contributed by atoms with Gasteiger partial charge in [-0.2, -0.15) is 0 Å². The molecule has 5 nitrogen and oxygen atoms in total. The monoisotopic (exact) mass is 451 g/mol. The van der Waals surface area contributed by atoms with Crippen molar-refractivity contribution < 1.29 is 19.7 Å². The quantitative estimate of drug-likeness (QED) is 0.654. The van der Waals surface area contributed by atoms with E-state index in [4.69, 9.17) is 22.5 Å². The van der Waals surface area contributed by atoms with E-state index in [9.17, 15) is 5.11 Å². The summed E-state index contributed by atoms with van der Waals surface area (Å²) in [5.74, 6) is 0.921. The first-order valence-electron chi connectivity index (χ1n) is 11.4. The standard InChI is InChI=1S/C15H22BNO.C7H16O.C2H6.CH4O.CH2O/c1-15(2,3)17-10-4-5-14(11-17)18-13-8-6-12(16)7-9-13;1-6(2,3)7(4,5)8;3*1-2/h6-9,14H,4-5,10-11H2,1-3H3;8H,1-5H3;1-2H3;2H,1H3;1H2. The van der Waals surface area contributed by atoms with E-state index in [1.165, 1.54) is 13.0 Å². The molecule has 1 saturated heterocycles. The Kier molecular flexibility index (Phi) is 18.9. The molecule has 0 bridgehead atoms. The van der Waals surface area contributed by atoms with E-state index in [1.807, 2.05) is 79.5 Å². The normalized spacial score (nSPS) is 16.3. The fourth-order valence-corrected chi connectivity index (χ4v) is 2.38. The molecule has 1 fully saturated rings. The fraction of sp³-hybridized carbons (Fsp3) is 0.731. The summed E-state index contributed by atoms with van der Waals surface area (Å²) in [7, 11) is 6.68. The molecule has 2 N–H and O–H groups in total. The van der Waals surface area contributed by atoms with Crippen molar-refractivity contribution in [2.24, 2.45) is 5.41 Å². The Morgan fingerprint density at radius 2 is 1.38 bits per heavy atom. The van der Waals surface area contributed by atoms with Gasteiger partial charge in [-0.25, -0.2) is 0 Å². The van der Waals surface area contributed by atoms with Crippen LogP contribution in [-0.2, 0) is 4.79 Å². The zero-order valence-electron chi connectivity index (χ0n) is 22.7. The third-order valence-corrected chi connectivity index (χ3v) is 5.35. The van der Waals surface area contributed by atoms with Gasteiger partial charge >= 0.3 is 0 Å². The van der Waals surface area contributed by atoms with E-state index < -0.39 is 5.60 Å². The van der Waals surface area contributed by atoms with Crippen LogP contribution in [0.25, 0.3) is 0 Å². The van der Waals surface area contributed by atoms with E-state index in [2.05, 4.69) is 25.7 Å². The van der Waals surface area contributed by atoms with Crippen molar-refractivity contribution in [3.05, 3.63) is 24.3 Å². The number of carbonyl (C=O) groups is 1. The molecule has 32 heavy (non-hydrogen) atoms. The number of carbonyl (C=O) groups excluding carboxylic acids is 1. The molecular weight excluding hydrogens is 401 g/mol. The third kappa shape index (κ3) is 15.4. The average Bonchev–Trinajstić information content (AvgIpc) is 2.73. The van der Waals surface area contributed by atoms with E-state index in [0.29, 0.717) is 6.10 Å². The molecule has 0 saturated carbocycles. The van der Waals surface area contributed by atoms with Crippen LogP contribution in [0.1, 0.15) is 82.1 Å². The van der Waals surface area contributed by atoms with Gasteiger partial charge in [0.05, 0.1) is 5.60 Å². The molecule has 2 radical (unpaired) electrons. The van der Waals surface area contributed by atoms with Crippen LogP contribution < -0.4 is 10.2 Å². The van der Waals surface area contributed by atoms with Crippen LogP contribution in [0.3, 0.4) is 0 Å². The van der Waals surface area contributed by atoms with Gasteiger partial charge < -0.3 is 19.7 Å². The Bertz CT molecular complexity index is 545. The number of benzene rings is 1. The highest BCUT2D eigenvalue weighted by molar-refractivity contribution is 6.32. The molecule has 1 atom stereocenters. The maximum absolute atomic E-state index is 9.35. The fourth-order valence-electron chi connectivity index (χ4n) is 2.38. The highest BCUT2D eigenvalue weighted by Crippen LogP contribution is 2.28. The van der Waals surface area contributed by atoms with Crippen LogP contribution >= 0.6 is 0 Å². The summed E-state index contributed by atoms with van der Waals surface area (Å²) in [6, 6.07) is 7.68. The molecule has 0 spiro atoms. The minimum Gasteiger partial charge on any atom is -0.489 e. The van der Waals surface area contributed by atoms with Crippen molar-refractivity contribution >= 4 is 20.1 Å². The zero-order chi connectivity index (χ0) is 26.2. The molecule has 0 amide bonds. The Hall–Kier alpha value is -1.37. The number of nitrogens with zero attached hydrogens (tertiary/aromatic N) is 1. The highest BCUT2D eigenvalue weighted by Gasteiger charge is 2.29. The van der Waals surface area contributed by atoms with Gasteiger partial charge in [-0.1, -0.05) is 52.2 Å². The summed E-state index contributed by atoms with van der Waals surface area (Å²) in [5, 5.41) is 16.4. The molecule has 0 aromatic heterocycles. The average molecular weight is 452 g/mol. The number of ether oxygens (including phenoxy) is 1. The Balaban J connectivity index is -0.000000507. The van der Waals surface area contributed by atoms with Gasteiger partial charge in [0.15, 0.2) is 0 Å². The molecule has 6 heteroatoms. The van der Waals surface area contributed by atoms with Crippen molar-refractivity contribution in [1.29, 1.82) is 0 Å². The van der Waals surface area contributed by atoms with Crippen LogP contribution in [0.15, 0.2) is 24.3 Å². The molecule has 1 aliphatic rings. The maximum atomic E-state index is 9.35. The van der Waals surface area contributed by atoms with Gasteiger partial charge in [0.1, 0.15) is 26.5 Å². The number of hydrogen-bond acceptors (Lipinski definition) is 5. The Morgan fingerprint density at radius 3 is 1.72 bits per heavy atom. The predicted molar refractivity (Wildman–Crippen MR) is 139 cm³/mol. The predicted octanol–water partition coefficient (Wildman–Crippen LogP) is 4.38. The first kappa shape index (κ1) is 35.2. The lowest BCUT2D eigenvalue weighted by Gasteiger charge is -2.41. The summed E-state index contributed by atoms with van der Waals surface area (Å²) in [4.78, 5) is 10.5. The van der Waals surface area contributed by atoms with E-state index in [1.54, 1.807) is 0 Å². The number of likely N-dealkylation sites (tertiary alicyclic amines) is 1. The lowest BCUT2D eigenvalue weighted by molar-refractivity contribution is -0.0980. The zero-order valence-corrected chi connectivity index (χ0v) is 22.7. The number of rotatable bonds is 2. The first-order chi connectivity index (χ1) is 14.7. The number of hydrogen-bond donors (Lipinski definition) is 2. The highest BCUT2D eigenvalue weighted by atomic mass is 16.5. The lowest BCUT2D eigenvalue weighted by atomic mass is 9.79. The molecule has 1 heterocycles. The van der Waals surface area contributed by atoms with Crippen molar-refractivity contribution in [1.82, 2.24) is 4.90 Å². The van der Waals surface area contributed by atoms with Gasteiger partial charge in [-0.15, -0.1) is 0 Å². The number of aliphatic hydroxyl groups is 2. The number of aliphatic hydroxyl groups excluding tert-OH is 1. The molecule has 1 unspecified atom stereocenters. The van der Waals surface area contributed by atoms with E-state index in [0.717, 1.165) is 31.3 Å². The molecule has 2 rings (SSSR count). The molecule has 186 valence electrons. The Morgan fingerprint density at radius 1 is 0.969 bits per heavy atom. The topological polar surface area (TPSA) is 70.0 Å².